The smallest absolute Gasteiger partial charge is 0.150 e. The molecular formula is C25H30F2N4O. The summed E-state index contributed by atoms with van der Waals surface area (Å²) in [5.74, 6) is -0.478. The number of hydrogen-bond donors (Lipinski definition) is 0. The van der Waals surface area contributed by atoms with E-state index in [0.717, 1.165) is 51.8 Å². The fraction of sp³-hybridized carbons (Fsp3) is 0.480. The van der Waals surface area contributed by atoms with Crippen molar-refractivity contribution in [3.63, 3.8) is 0 Å². The molecule has 5 nitrogen and oxygen atoms in total. The first-order chi connectivity index (χ1) is 15.7. The number of nitrogens with zero attached hydrogens (tertiary/aromatic N) is 4. The molecule has 1 unspecified atom stereocenters. The van der Waals surface area contributed by atoms with Crippen LogP contribution in [0.2, 0.25) is 0 Å². The molecule has 0 radical (unpaired) electrons. The molecule has 5 rings (SSSR count). The molecule has 4 heterocycles. The van der Waals surface area contributed by atoms with E-state index < -0.39 is 11.6 Å². The maximum atomic E-state index is 15.1. The summed E-state index contributed by atoms with van der Waals surface area (Å²) in [5, 5.41) is 4.37. The van der Waals surface area contributed by atoms with E-state index in [1.54, 1.807) is 10.9 Å². The van der Waals surface area contributed by atoms with Crippen molar-refractivity contribution in [3.05, 3.63) is 60.6 Å². The van der Waals surface area contributed by atoms with Crippen molar-refractivity contribution in [2.75, 3.05) is 37.7 Å². The van der Waals surface area contributed by atoms with Crippen LogP contribution in [0.4, 0.5) is 14.5 Å². The van der Waals surface area contributed by atoms with Gasteiger partial charge in [0.15, 0.2) is 0 Å². The second kappa shape index (κ2) is 9.45. The number of hydrogen-bond acceptors (Lipinski definition) is 4. The van der Waals surface area contributed by atoms with Crippen LogP contribution in [-0.4, -0.2) is 47.5 Å². The van der Waals surface area contributed by atoms with Crippen LogP contribution in [0.15, 0.2) is 49.0 Å². The SMILES string of the molecule is Fc1cc(-c2cnn(C3CCCCO3)c2)cc(F)c1N1CCC(CN2C=CC=CC2)CC1. The third kappa shape index (κ3) is 4.58. The number of aromatic nitrogens is 2. The Kier molecular flexibility index (Phi) is 6.26. The zero-order valence-corrected chi connectivity index (χ0v) is 18.3. The van der Waals surface area contributed by atoms with Crippen LogP contribution in [0.1, 0.15) is 38.3 Å². The Bertz CT molecular complexity index is 965. The minimum Gasteiger partial charge on any atom is -0.373 e. The third-order valence-corrected chi connectivity index (χ3v) is 6.71. The Hall–Kier alpha value is -2.67. The summed E-state index contributed by atoms with van der Waals surface area (Å²) in [5.41, 5.74) is 1.30. The molecule has 170 valence electrons. The second-order valence-electron chi connectivity index (χ2n) is 8.97. The highest BCUT2D eigenvalue weighted by atomic mass is 19.1. The lowest BCUT2D eigenvalue weighted by atomic mass is 9.95. The summed E-state index contributed by atoms with van der Waals surface area (Å²) in [4.78, 5) is 4.16. The molecular weight excluding hydrogens is 410 g/mol. The van der Waals surface area contributed by atoms with E-state index in [4.69, 9.17) is 4.74 Å². The summed E-state index contributed by atoms with van der Waals surface area (Å²) in [7, 11) is 0. The van der Waals surface area contributed by atoms with Gasteiger partial charge in [-0.3, -0.25) is 0 Å². The molecule has 2 aromatic rings. The highest BCUT2D eigenvalue weighted by molar-refractivity contribution is 5.66. The van der Waals surface area contributed by atoms with Gasteiger partial charge in [-0.25, -0.2) is 13.5 Å². The Morgan fingerprint density at radius 2 is 1.81 bits per heavy atom. The Labute approximate surface area is 188 Å². The van der Waals surface area contributed by atoms with Crippen molar-refractivity contribution in [1.29, 1.82) is 0 Å². The molecule has 7 heteroatoms. The van der Waals surface area contributed by atoms with Crippen molar-refractivity contribution >= 4 is 5.69 Å². The van der Waals surface area contributed by atoms with E-state index in [-0.39, 0.29) is 11.9 Å². The number of anilines is 1. The molecule has 2 saturated heterocycles. The van der Waals surface area contributed by atoms with Crippen molar-refractivity contribution in [1.82, 2.24) is 14.7 Å². The lowest BCUT2D eigenvalue weighted by Crippen LogP contribution is -2.38. The van der Waals surface area contributed by atoms with Gasteiger partial charge in [0.05, 0.1) is 6.20 Å². The number of rotatable bonds is 5. The Morgan fingerprint density at radius 1 is 1.00 bits per heavy atom. The number of halogens is 2. The molecule has 0 saturated carbocycles. The monoisotopic (exact) mass is 440 g/mol. The van der Waals surface area contributed by atoms with Crippen LogP contribution in [0.25, 0.3) is 11.1 Å². The standard InChI is InChI=1S/C25H30F2N4O/c26-22-14-20(21-16-28-31(18-21)24-6-2-5-13-32-24)15-23(27)25(22)30-11-7-19(8-12-30)17-29-9-3-1-4-10-29/h1,3-4,9,14-16,18-19,24H,2,5-8,10-13,17H2. The summed E-state index contributed by atoms with van der Waals surface area (Å²) in [6.07, 6.45) is 16.7. The van der Waals surface area contributed by atoms with Crippen molar-refractivity contribution < 1.29 is 13.5 Å². The fourth-order valence-electron chi connectivity index (χ4n) is 4.92. The maximum Gasteiger partial charge on any atom is 0.150 e. The molecule has 32 heavy (non-hydrogen) atoms. The van der Waals surface area contributed by atoms with Gasteiger partial charge in [-0.05, 0) is 68.0 Å². The third-order valence-electron chi connectivity index (χ3n) is 6.71. The van der Waals surface area contributed by atoms with Crippen LogP contribution in [-0.2, 0) is 4.74 Å². The van der Waals surface area contributed by atoms with Crippen LogP contribution in [0.5, 0.6) is 0 Å². The van der Waals surface area contributed by atoms with Gasteiger partial charge in [0.1, 0.15) is 23.5 Å². The van der Waals surface area contributed by atoms with Crippen LogP contribution >= 0.6 is 0 Å². The Morgan fingerprint density at radius 3 is 2.50 bits per heavy atom. The molecule has 2 fully saturated rings. The topological polar surface area (TPSA) is 33.5 Å². The fourth-order valence-corrected chi connectivity index (χ4v) is 4.92. The molecule has 0 amide bonds. The van der Waals surface area contributed by atoms with Gasteiger partial charge < -0.3 is 14.5 Å². The van der Waals surface area contributed by atoms with Crippen LogP contribution in [0, 0.1) is 17.6 Å². The number of allylic oxidation sites excluding steroid dienone is 2. The van der Waals surface area contributed by atoms with E-state index in [0.29, 0.717) is 30.1 Å². The first-order valence-electron chi connectivity index (χ1n) is 11.6. The van der Waals surface area contributed by atoms with Gasteiger partial charge in [0, 0.05) is 44.5 Å². The van der Waals surface area contributed by atoms with E-state index in [9.17, 15) is 0 Å². The number of ether oxygens (including phenoxy) is 1. The average Bonchev–Trinajstić information content (AvgIpc) is 3.32. The minimum absolute atomic E-state index is 0.0933. The van der Waals surface area contributed by atoms with Crippen molar-refractivity contribution in [2.45, 2.75) is 38.3 Å². The summed E-state index contributed by atoms with van der Waals surface area (Å²) < 4.78 is 37.6. The molecule has 1 aromatic heterocycles. The molecule has 0 bridgehead atoms. The first-order valence-corrected chi connectivity index (χ1v) is 11.6. The second-order valence-corrected chi connectivity index (χ2v) is 8.97. The van der Waals surface area contributed by atoms with E-state index in [1.807, 2.05) is 11.1 Å². The zero-order valence-electron chi connectivity index (χ0n) is 18.3. The molecule has 3 aliphatic heterocycles. The molecule has 0 N–H and O–H groups in total. The van der Waals surface area contributed by atoms with Gasteiger partial charge in [-0.15, -0.1) is 0 Å². The lowest BCUT2D eigenvalue weighted by molar-refractivity contribution is -0.0394. The van der Waals surface area contributed by atoms with Gasteiger partial charge in [-0.2, -0.15) is 5.10 Å². The van der Waals surface area contributed by atoms with Gasteiger partial charge in [0.2, 0.25) is 0 Å². The highest BCUT2D eigenvalue weighted by Crippen LogP contribution is 2.33. The molecule has 1 atom stereocenters. The molecule has 0 aliphatic carbocycles. The summed E-state index contributed by atoms with van der Waals surface area (Å²) in [6, 6.07) is 2.86. The van der Waals surface area contributed by atoms with E-state index in [1.165, 1.54) is 12.1 Å². The largest absolute Gasteiger partial charge is 0.373 e. The minimum atomic E-state index is -0.510. The van der Waals surface area contributed by atoms with Gasteiger partial charge >= 0.3 is 0 Å². The van der Waals surface area contributed by atoms with Crippen molar-refractivity contribution in [3.8, 4) is 11.1 Å². The van der Waals surface area contributed by atoms with E-state index >= 15 is 8.78 Å². The Balaban J connectivity index is 1.25. The molecule has 1 aromatic carbocycles. The summed E-state index contributed by atoms with van der Waals surface area (Å²) >= 11 is 0. The average molecular weight is 441 g/mol. The lowest BCUT2D eigenvalue weighted by Gasteiger charge is -2.36. The maximum absolute atomic E-state index is 15.1. The van der Waals surface area contributed by atoms with Gasteiger partial charge in [-0.1, -0.05) is 12.2 Å². The molecule has 3 aliphatic rings. The van der Waals surface area contributed by atoms with Crippen molar-refractivity contribution in [2.24, 2.45) is 5.92 Å². The number of piperidine rings is 1. The van der Waals surface area contributed by atoms with Crippen LogP contribution < -0.4 is 4.90 Å². The predicted octanol–water partition coefficient (Wildman–Crippen LogP) is 5.13. The molecule has 0 spiro atoms. The highest BCUT2D eigenvalue weighted by Gasteiger charge is 2.26. The predicted molar refractivity (Wildman–Crippen MR) is 121 cm³/mol. The quantitative estimate of drug-likeness (QED) is 0.646. The van der Waals surface area contributed by atoms with E-state index in [2.05, 4.69) is 34.4 Å². The normalized spacial score (nSPS) is 22.0. The zero-order chi connectivity index (χ0) is 21.9. The first kappa shape index (κ1) is 21.2. The van der Waals surface area contributed by atoms with Crippen LogP contribution in [0.3, 0.4) is 0 Å². The number of benzene rings is 1. The van der Waals surface area contributed by atoms with Gasteiger partial charge in [0.25, 0.3) is 0 Å². The summed E-state index contributed by atoms with van der Waals surface area (Å²) in [6.45, 7) is 3.99.